The van der Waals surface area contributed by atoms with Crippen LogP contribution in [-0.2, 0) is 0 Å². The van der Waals surface area contributed by atoms with E-state index in [1.165, 1.54) is 6.33 Å². The van der Waals surface area contributed by atoms with Gasteiger partial charge in [-0.15, -0.1) is 0 Å². The third-order valence-corrected chi connectivity index (χ3v) is 2.98. The summed E-state index contributed by atoms with van der Waals surface area (Å²) in [5, 5.41) is 8.33. The highest BCUT2D eigenvalue weighted by molar-refractivity contribution is 6.31. The number of aromatic nitrogens is 3. The minimum absolute atomic E-state index is 0.399. The van der Waals surface area contributed by atoms with Gasteiger partial charge in [0, 0.05) is 11.1 Å². The topological polar surface area (TPSA) is 42.7 Å². The summed E-state index contributed by atoms with van der Waals surface area (Å²) < 4.78 is 1.73. The van der Waals surface area contributed by atoms with Crippen LogP contribution in [0.4, 0.5) is 5.69 Å². The zero-order valence-corrected chi connectivity index (χ0v) is 11.4. The number of halogens is 1. The predicted molar refractivity (Wildman–Crippen MR) is 74.4 cm³/mol. The second-order valence-electron chi connectivity index (χ2n) is 4.34. The molecule has 0 fully saturated rings. The van der Waals surface area contributed by atoms with E-state index in [-0.39, 0.29) is 0 Å². The van der Waals surface area contributed by atoms with Crippen LogP contribution >= 0.6 is 11.6 Å². The van der Waals surface area contributed by atoms with Crippen molar-refractivity contribution in [1.82, 2.24) is 14.8 Å². The fraction of sp³-hybridized carbons (Fsp3) is 0.385. The number of nitrogens with zero attached hydrogens (tertiary/aromatic N) is 3. The van der Waals surface area contributed by atoms with Gasteiger partial charge in [0.05, 0.1) is 11.4 Å². The molecule has 0 bridgehead atoms. The van der Waals surface area contributed by atoms with Crippen LogP contribution in [0.2, 0.25) is 5.02 Å². The van der Waals surface area contributed by atoms with Crippen molar-refractivity contribution in [3.05, 3.63) is 35.9 Å². The number of rotatable bonds is 5. The van der Waals surface area contributed by atoms with Crippen LogP contribution in [0.3, 0.4) is 0 Å². The van der Waals surface area contributed by atoms with Crippen molar-refractivity contribution >= 4 is 17.3 Å². The first-order valence-corrected chi connectivity index (χ1v) is 6.49. The Kier molecular flexibility index (Phi) is 4.20. The summed E-state index contributed by atoms with van der Waals surface area (Å²) in [5.41, 5.74) is 1.94. The molecule has 0 saturated carbocycles. The molecule has 0 aliphatic carbocycles. The normalized spacial score (nSPS) is 12.4. The molecule has 0 saturated heterocycles. The Morgan fingerprint density at radius 1 is 1.44 bits per heavy atom. The first-order valence-electron chi connectivity index (χ1n) is 6.11. The molecule has 1 heterocycles. The Morgan fingerprint density at radius 3 is 2.94 bits per heavy atom. The lowest BCUT2D eigenvalue weighted by Gasteiger charge is -2.17. The monoisotopic (exact) mass is 264 g/mol. The van der Waals surface area contributed by atoms with Crippen LogP contribution in [-0.4, -0.2) is 20.8 Å². The molecule has 0 aliphatic rings. The summed E-state index contributed by atoms with van der Waals surface area (Å²) in [6.07, 6.45) is 5.46. The maximum Gasteiger partial charge on any atom is 0.138 e. The summed E-state index contributed by atoms with van der Waals surface area (Å²) in [6, 6.07) is 6.12. The summed E-state index contributed by atoms with van der Waals surface area (Å²) in [5.74, 6) is 0. The summed E-state index contributed by atoms with van der Waals surface area (Å²) in [6.45, 7) is 4.34. The van der Waals surface area contributed by atoms with E-state index in [1.54, 1.807) is 11.0 Å². The Labute approximate surface area is 112 Å². The summed E-state index contributed by atoms with van der Waals surface area (Å²) in [4.78, 5) is 3.97. The molecule has 0 aliphatic heterocycles. The van der Waals surface area contributed by atoms with Crippen LogP contribution in [0.25, 0.3) is 5.69 Å². The standard InChI is InChI=1S/C13H17ClN4/c1-3-4-10(2)17-12-7-11(14)5-6-13(12)18-9-15-8-16-18/h5-10,17H,3-4H2,1-2H3. The molecule has 0 spiro atoms. The second-order valence-corrected chi connectivity index (χ2v) is 4.77. The Bertz CT molecular complexity index is 496. The molecule has 0 amide bonds. The second kappa shape index (κ2) is 5.87. The maximum absolute atomic E-state index is 6.05. The van der Waals surface area contributed by atoms with E-state index in [1.807, 2.05) is 18.2 Å². The zero-order chi connectivity index (χ0) is 13.0. The predicted octanol–water partition coefficient (Wildman–Crippen LogP) is 3.52. The quantitative estimate of drug-likeness (QED) is 0.899. The Hall–Kier alpha value is -1.55. The van der Waals surface area contributed by atoms with E-state index in [4.69, 9.17) is 11.6 Å². The fourth-order valence-electron chi connectivity index (χ4n) is 1.93. The van der Waals surface area contributed by atoms with Crippen LogP contribution in [0.5, 0.6) is 0 Å². The summed E-state index contributed by atoms with van der Waals surface area (Å²) >= 11 is 6.05. The Balaban J connectivity index is 2.29. The van der Waals surface area contributed by atoms with E-state index in [0.717, 1.165) is 24.2 Å². The number of benzene rings is 1. The van der Waals surface area contributed by atoms with Gasteiger partial charge in [-0.2, -0.15) is 5.10 Å². The van der Waals surface area contributed by atoms with Gasteiger partial charge in [-0.25, -0.2) is 9.67 Å². The molecule has 1 aromatic carbocycles. The molecule has 0 radical (unpaired) electrons. The van der Waals surface area contributed by atoms with E-state index < -0.39 is 0 Å². The molecule has 2 rings (SSSR count). The number of nitrogens with one attached hydrogen (secondary N) is 1. The van der Waals surface area contributed by atoms with Crippen molar-refractivity contribution in [2.75, 3.05) is 5.32 Å². The summed E-state index contributed by atoms with van der Waals surface area (Å²) in [7, 11) is 0. The molecule has 96 valence electrons. The average Bonchev–Trinajstić information content (AvgIpc) is 2.83. The number of hydrogen-bond acceptors (Lipinski definition) is 3. The largest absolute Gasteiger partial charge is 0.381 e. The lowest BCUT2D eigenvalue weighted by atomic mass is 10.1. The molecule has 5 heteroatoms. The van der Waals surface area contributed by atoms with Crippen molar-refractivity contribution in [2.45, 2.75) is 32.7 Å². The van der Waals surface area contributed by atoms with E-state index in [2.05, 4.69) is 29.2 Å². The molecule has 1 N–H and O–H groups in total. The molecular weight excluding hydrogens is 248 g/mol. The molecular formula is C13H17ClN4. The highest BCUT2D eigenvalue weighted by Crippen LogP contribution is 2.25. The Morgan fingerprint density at radius 2 is 2.28 bits per heavy atom. The molecule has 2 aromatic rings. The van der Waals surface area contributed by atoms with Crippen molar-refractivity contribution in [3.8, 4) is 5.69 Å². The van der Waals surface area contributed by atoms with Gasteiger partial charge in [0.15, 0.2) is 0 Å². The fourth-order valence-corrected chi connectivity index (χ4v) is 2.10. The van der Waals surface area contributed by atoms with Gasteiger partial charge < -0.3 is 5.32 Å². The first-order chi connectivity index (χ1) is 8.70. The first kappa shape index (κ1) is 12.9. The van der Waals surface area contributed by atoms with Crippen molar-refractivity contribution in [1.29, 1.82) is 0 Å². The maximum atomic E-state index is 6.05. The number of hydrogen-bond donors (Lipinski definition) is 1. The highest BCUT2D eigenvalue weighted by Gasteiger charge is 2.09. The average molecular weight is 265 g/mol. The van der Waals surface area contributed by atoms with Crippen LogP contribution in [0, 0.1) is 0 Å². The van der Waals surface area contributed by atoms with Gasteiger partial charge in [-0.05, 0) is 31.5 Å². The minimum atomic E-state index is 0.399. The highest BCUT2D eigenvalue weighted by atomic mass is 35.5. The smallest absolute Gasteiger partial charge is 0.138 e. The zero-order valence-electron chi connectivity index (χ0n) is 10.6. The molecule has 1 atom stereocenters. The van der Waals surface area contributed by atoms with Gasteiger partial charge in [0.25, 0.3) is 0 Å². The SMILES string of the molecule is CCCC(C)Nc1cc(Cl)ccc1-n1cncn1. The van der Waals surface area contributed by atoms with Crippen LogP contribution in [0.1, 0.15) is 26.7 Å². The van der Waals surface area contributed by atoms with Crippen LogP contribution < -0.4 is 5.32 Å². The third-order valence-electron chi connectivity index (χ3n) is 2.75. The van der Waals surface area contributed by atoms with E-state index in [0.29, 0.717) is 11.1 Å². The van der Waals surface area contributed by atoms with E-state index in [9.17, 15) is 0 Å². The van der Waals surface area contributed by atoms with Gasteiger partial charge in [0.2, 0.25) is 0 Å². The van der Waals surface area contributed by atoms with Gasteiger partial charge >= 0.3 is 0 Å². The van der Waals surface area contributed by atoms with Crippen molar-refractivity contribution in [3.63, 3.8) is 0 Å². The van der Waals surface area contributed by atoms with E-state index >= 15 is 0 Å². The van der Waals surface area contributed by atoms with Crippen molar-refractivity contribution in [2.24, 2.45) is 0 Å². The third kappa shape index (κ3) is 3.01. The minimum Gasteiger partial charge on any atom is -0.381 e. The molecule has 1 unspecified atom stereocenters. The van der Waals surface area contributed by atoms with Gasteiger partial charge in [0.1, 0.15) is 12.7 Å². The number of anilines is 1. The van der Waals surface area contributed by atoms with Crippen molar-refractivity contribution < 1.29 is 0 Å². The van der Waals surface area contributed by atoms with Gasteiger partial charge in [-0.1, -0.05) is 24.9 Å². The van der Waals surface area contributed by atoms with Crippen LogP contribution in [0.15, 0.2) is 30.9 Å². The lowest BCUT2D eigenvalue weighted by Crippen LogP contribution is -2.16. The van der Waals surface area contributed by atoms with Gasteiger partial charge in [-0.3, -0.25) is 0 Å². The lowest BCUT2D eigenvalue weighted by molar-refractivity contribution is 0.689. The molecule has 18 heavy (non-hydrogen) atoms. The molecule has 4 nitrogen and oxygen atoms in total. The molecule has 1 aromatic heterocycles.